The third-order valence-corrected chi connectivity index (χ3v) is 5.09. The number of pyridine rings is 1. The zero-order valence-corrected chi connectivity index (χ0v) is 15.7. The van der Waals surface area contributed by atoms with Gasteiger partial charge in [0, 0.05) is 30.2 Å². The smallest absolute Gasteiger partial charge is 0.277 e. The number of nitrogens with zero attached hydrogens (tertiary/aromatic N) is 2. The summed E-state index contributed by atoms with van der Waals surface area (Å²) in [5.74, 6) is -0.299. The van der Waals surface area contributed by atoms with Crippen LogP contribution in [-0.4, -0.2) is 23.5 Å². The topological polar surface area (TPSA) is 45.2 Å². The number of halogens is 1. The van der Waals surface area contributed by atoms with Gasteiger partial charge in [-0.05, 0) is 55.2 Å². The Balaban J connectivity index is 1.46. The molecule has 0 saturated heterocycles. The van der Waals surface area contributed by atoms with Gasteiger partial charge < -0.3 is 10.2 Å². The number of benzene rings is 2. The molecule has 1 aliphatic heterocycles. The predicted molar refractivity (Wildman–Crippen MR) is 109 cm³/mol. The zero-order chi connectivity index (χ0) is 19.5. The van der Waals surface area contributed by atoms with E-state index in [2.05, 4.69) is 23.3 Å². The molecule has 28 heavy (non-hydrogen) atoms. The third kappa shape index (κ3) is 3.60. The molecule has 1 N–H and O–H groups in total. The van der Waals surface area contributed by atoms with Crippen molar-refractivity contribution in [1.29, 1.82) is 0 Å². The van der Waals surface area contributed by atoms with Crippen molar-refractivity contribution in [2.45, 2.75) is 25.8 Å². The first-order valence-electron chi connectivity index (χ1n) is 9.48. The summed E-state index contributed by atoms with van der Waals surface area (Å²) in [6.45, 7) is 2.62. The number of hydrogen-bond acceptors (Lipinski definition) is 3. The highest BCUT2D eigenvalue weighted by Crippen LogP contribution is 2.33. The Bertz CT molecular complexity index is 1000. The van der Waals surface area contributed by atoms with E-state index < -0.39 is 0 Å². The number of hydrogen-bond donors (Lipinski definition) is 1. The van der Waals surface area contributed by atoms with Gasteiger partial charge in [0.05, 0.1) is 0 Å². The number of amides is 1. The third-order valence-electron chi connectivity index (χ3n) is 5.09. The summed E-state index contributed by atoms with van der Waals surface area (Å²) in [5, 5.41) is 3.26. The van der Waals surface area contributed by atoms with Crippen LogP contribution in [0.2, 0.25) is 0 Å². The van der Waals surface area contributed by atoms with E-state index in [1.807, 2.05) is 35.2 Å². The Kier molecular flexibility index (Phi) is 5.06. The lowest BCUT2D eigenvalue weighted by molar-refractivity contribution is 0.0976. The van der Waals surface area contributed by atoms with E-state index in [9.17, 15) is 9.18 Å². The van der Waals surface area contributed by atoms with Gasteiger partial charge in [0.15, 0.2) is 0 Å². The normalized spacial score (nSPS) is 15.4. The molecule has 1 atom stereocenters. The molecule has 4 nitrogen and oxygen atoms in total. The van der Waals surface area contributed by atoms with Gasteiger partial charge in [0.25, 0.3) is 5.91 Å². The molecule has 0 bridgehead atoms. The van der Waals surface area contributed by atoms with E-state index in [-0.39, 0.29) is 17.8 Å². The van der Waals surface area contributed by atoms with Gasteiger partial charge in [-0.2, -0.15) is 0 Å². The number of nitrogens with one attached hydrogen (secondary N) is 1. The quantitative estimate of drug-likeness (QED) is 0.716. The van der Waals surface area contributed by atoms with Crippen LogP contribution in [0.3, 0.4) is 0 Å². The standard InChI is InChI=1S/C23H22FN3O/c1-16-14-18-7-3-5-9-22(18)27(16)23(28)21-15-19(11-13-26-21)25-12-10-17-6-2-4-8-20(17)24/h2-9,11,13,15-16H,10,12,14H2,1H3,(H,25,26). The van der Waals surface area contributed by atoms with E-state index in [0.717, 1.165) is 17.8 Å². The number of carbonyl (C=O) groups excluding carboxylic acids is 1. The minimum Gasteiger partial charge on any atom is -0.385 e. The summed E-state index contributed by atoms with van der Waals surface area (Å²) in [4.78, 5) is 19.2. The number of para-hydroxylation sites is 1. The second kappa shape index (κ2) is 7.80. The molecular weight excluding hydrogens is 353 g/mol. The lowest BCUT2D eigenvalue weighted by Gasteiger charge is -2.22. The largest absolute Gasteiger partial charge is 0.385 e. The number of rotatable bonds is 5. The molecule has 0 aliphatic carbocycles. The van der Waals surface area contributed by atoms with Gasteiger partial charge in [-0.25, -0.2) is 4.39 Å². The Hall–Kier alpha value is -3.21. The summed E-state index contributed by atoms with van der Waals surface area (Å²) in [6, 6.07) is 18.4. The van der Waals surface area contributed by atoms with Crippen LogP contribution in [0.5, 0.6) is 0 Å². The molecule has 5 heteroatoms. The van der Waals surface area contributed by atoms with E-state index >= 15 is 0 Å². The zero-order valence-electron chi connectivity index (χ0n) is 15.7. The van der Waals surface area contributed by atoms with E-state index in [0.29, 0.717) is 24.2 Å². The van der Waals surface area contributed by atoms with Gasteiger partial charge in [-0.15, -0.1) is 0 Å². The van der Waals surface area contributed by atoms with Crippen LogP contribution in [0.25, 0.3) is 0 Å². The number of aromatic nitrogens is 1. The van der Waals surface area contributed by atoms with Crippen LogP contribution in [-0.2, 0) is 12.8 Å². The molecule has 1 aromatic heterocycles. The van der Waals surface area contributed by atoms with Crippen LogP contribution in [0.1, 0.15) is 28.5 Å². The first-order chi connectivity index (χ1) is 13.6. The number of carbonyl (C=O) groups is 1. The summed E-state index contributed by atoms with van der Waals surface area (Å²) in [5.41, 5.74) is 4.01. The van der Waals surface area contributed by atoms with E-state index in [4.69, 9.17) is 0 Å². The van der Waals surface area contributed by atoms with Gasteiger partial charge in [0.1, 0.15) is 11.5 Å². The lowest BCUT2D eigenvalue weighted by Crippen LogP contribution is -2.36. The van der Waals surface area contributed by atoms with Crippen molar-refractivity contribution >= 4 is 17.3 Å². The van der Waals surface area contributed by atoms with E-state index in [1.165, 1.54) is 11.6 Å². The summed E-state index contributed by atoms with van der Waals surface area (Å²) in [7, 11) is 0. The van der Waals surface area contributed by atoms with Crippen molar-refractivity contribution in [2.75, 3.05) is 16.8 Å². The Morgan fingerprint density at radius 2 is 1.96 bits per heavy atom. The molecular formula is C23H22FN3O. The average Bonchev–Trinajstić information content (AvgIpc) is 3.05. The molecule has 2 heterocycles. The first kappa shape index (κ1) is 18.2. The maximum absolute atomic E-state index is 13.7. The summed E-state index contributed by atoms with van der Waals surface area (Å²) in [6.07, 6.45) is 3.04. The molecule has 3 aromatic rings. The molecule has 0 spiro atoms. The Morgan fingerprint density at radius 3 is 2.82 bits per heavy atom. The van der Waals surface area contributed by atoms with Gasteiger partial charge in [-0.1, -0.05) is 36.4 Å². The predicted octanol–water partition coefficient (Wildman–Crippen LogP) is 4.47. The second-order valence-electron chi connectivity index (χ2n) is 7.05. The van der Waals surface area contributed by atoms with Crippen molar-refractivity contribution < 1.29 is 9.18 Å². The van der Waals surface area contributed by atoms with Crippen LogP contribution in [0, 0.1) is 5.82 Å². The number of anilines is 2. The van der Waals surface area contributed by atoms with Crippen LogP contribution >= 0.6 is 0 Å². The summed E-state index contributed by atoms with van der Waals surface area (Å²) >= 11 is 0. The fourth-order valence-corrected chi connectivity index (χ4v) is 3.70. The van der Waals surface area contributed by atoms with Crippen LogP contribution < -0.4 is 10.2 Å². The van der Waals surface area contributed by atoms with Crippen molar-refractivity contribution in [3.8, 4) is 0 Å². The molecule has 0 radical (unpaired) electrons. The minimum atomic E-state index is -0.198. The van der Waals surface area contributed by atoms with Crippen molar-refractivity contribution in [1.82, 2.24) is 4.98 Å². The Labute approximate surface area is 164 Å². The fourth-order valence-electron chi connectivity index (χ4n) is 3.70. The molecule has 2 aromatic carbocycles. The molecule has 1 unspecified atom stereocenters. The average molecular weight is 375 g/mol. The van der Waals surface area contributed by atoms with Crippen molar-refractivity contribution in [3.63, 3.8) is 0 Å². The van der Waals surface area contributed by atoms with Gasteiger partial charge >= 0.3 is 0 Å². The van der Waals surface area contributed by atoms with Crippen molar-refractivity contribution in [2.24, 2.45) is 0 Å². The summed E-state index contributed by atoms with van der Waals surface area (Å²) < 4.78 is 13.7. The fraction of sp³-hybridized carbons (Fsp3) is 0.217. The molecule has 0 saturated carbocycles. The van der Waals surface area contributed by atoms with Gasteiger partial charge in [0.2, 0.25) is 0 Å². The monoisotopic (exact) mass is 375 g/mol. The SMILES string of the molecule is CC1Cc2ccccc2N1C(=O)c1cc(NCCc2ccccc2F)ccn1. The minimum absolute atomic E-state index is 0.101. The molecule has 4 rings (SSSR count). The van der Waals surface area contributed by atoms with Crippen LogP contribution in [0.4, 0.5) is 15.8 Å². The van der Waals surface area contributed by atoms with Crippen molar-refractivity contribution in [3.05, 3.63) is 89.5 Å². The second-order valence-corrected chi connectivity index (χ2v) is 7.05. The lowest BCUT2D eigenvalue weighted by atomic mass is 10.1. The molecule has 1 amide bonds. The highest BCUT2D eigenvalue weighted by molar-refractivity contribution is 6.06. The molecule has 142 valence electrons. The van der Waals surface area contributed by atoms with Gasteiger partial charge in [-0.3, -0.25) is 9.78 Å². The Morgan fingerprint density at radius 1 is 1.18 bits per heavy atom. The maximum Gasteiger partial charge on any atom is 0.277 e. The van der Waals surface area contributed by atoms with Crippen LogP contribution in [0.15, 0.2) is 66.9 Å². The number of fused-ring (bicyclic) bond motifs is 1. The molecule has 1 aliphatic rings. The highest BCUT2D eigenvalue weighted by atomic mass is 19.1. The molecule has 0 fully saturated rings. The highest BCUT2D eigenvalue weighted by Gasteiger charge is 2.31. The first-order valence-corrected chi connectivity index (χ1v) is 9.48. The van der Waals surface area contributed by atoms with E-state index in [1.54, 1.807) is 24.4 Å². The maximum atomic E-state index is 13.7.